The van der Waals surface area contributed by atoms with Crippen LogP contribution in [-0.2, 0) is 25.5 Å². The summed E-state index contributed by atoms with van der Waals surface area (Å²) in [6.45, 7) is 10.8. The Morgan fingerprint density at radius 1 is 0.857 bits per heavy atom. The largest absolute Gasteiger partial charge is 0.463 e. The third-order valence-corrected chi connectivity index (χ3v) is 7.67. The van der Waals surface area contributed by atoms with E-state index in [9.17, 15) is 19.2 Å². The van der Waals surface area contributed by atoms with Crippen LogP contribution in [-0.4, -0.2) is 38.2 Å². The summed E-state index contributed by atoms with van der Waals surface area (Å²) in [7, 11) is 0. The molecule has 1 aliphatic carbocycles. The molecule has 218 valence electrons. The Bertz CT molecular complexity index is 1860. The Hall–Kier alpha value is -4.66. The molecule has 0 aliphatic heterocycles. The average Bonchev–Trinajstić information content (AvgIpc) is 2.96. The first-order chi connectivity index (χ1) is 20.2. The number of aryl methyl sites for hydroxylation is 1. The van der Waals surface area contributed by atoms with Gasteiger partial charge in [0.1, 0.15) is 11.2 Å². The SMILES string of the molecule is CCOC(=O)C1=C(C(=O)OCC)C(c2cc3ccc(N(CC)CC)cc3oc2=O)Cc2c1c(=O)oc1cc(C)ccc21. The number of hydrogen-bond donors (Lipinski definition) is 0. The average molecular weight is 572 g/mol. The Balaban J connectivity index is 1.82. The van der Waals surface area contributed by atoms with Crippen molar-refractivity contribution in [2.75, 3.05) is 31.2 Å². The zero-order chi connectivity index (χ0) is 30.1. The predicted molar refractivity (Wildman–Crippen MR) is 160 cm³/mol. The highest BCUT2D eigenvalue weighted by atomic mass is 16.5. The molecule has 0 saturated carbocycles. The maximum Gasteiger partial charge on any atom is 0.344 e. The van der Waals surface area contributed by atoms with E-state index < -0.39 is 29.1 Å². The molecule has 1 aliphatic rings. The number of esters is 2. The topological polar surface area (TPSA) is 116 Å². The molecule has 0 bridgehead atoms. The van der Waals surface area contributed by atoms with Crippen molar-refractivity contribution < 1.29 is 27.9 Å². The summed E-state index contributed by atoms with van der Waals surface area (Å²) in [5.74, 6) is -2.65. The highest BCUT2D eigenvalue weighted by Crippen LogP contribution is 2.42. The molecule has 2 heterocycles. The normalized spacial score (nSPS) is 14.6. The van der Waals surface area contributed by atoms with Crippen molar-refractivity contribution in [2.45, 2.75) is 47.0 Å². The number of fused-ring (bicyclic) bond motifs is 4. The van der Waals surface area contributed by atoms with Gasteiger partial charge in [-0.1, -0.05) is 12.1 Å². The van der Waals surface area contributed by atoms with E-state index in [1.807, 2.05) is 45.0 Å². The third kappa shape index (κ3) is 5.00. The molecular formula is C33H33NO8. The van der Waals surface area contributed by atoms with Crippen molar-refractivity contribution in [3.63, 3.8) is 0 Å². The van der Waals surface area contributed by atoms with E-state index in [1.54, 1.807) is 32.0 Å². The molecule has 42 heavy (non-hydrogen) atoms. The van der Waals surface area contributed by atoms with Crippen molar-refractivity contribution in [2.24, 2.45) is 0 Å². The lowest BCUT2D eigenvalue weighted by Gasteiger charge is -2.28. The van der Waals surface area contributed by atoms with Crippen LogP contribution in [0, 0.1) is 6.92 Å². The molecule has 2 aromatic carbocycles. The van der Waals surface area contributed by atoms with Gasteiger partial charge in [-0.15, -0.1) is 0 Å². The van der Waals surface area contributed by atoms with Gasteiger partial charge < -0.3 is 23.2 Å². The summed E-state index contributed by atoms with van der Waals surface area (Å²) >= 11 is 0. The number of ether oxygens (including phenoxy) is 2. The van der Waals surface area contributed by atoms with Crippen LogP contribution in [0.15, 0.2) is 66.5 Å². The number of anilines is 1. The first-order valence-electron chi connectivity index (χ1n) is 14.2. The second kappa shape index (κ2) is 11.7. The smallest absolute Gasteiger partial charge is 0.344 e. The van der Waals surface area contributed by atoms with E-state index in [1.165, 1.54) is 0 Å². The second-order valence-electron chi connectivity index (χ2n) is 10.1. The lowest BCUT2D eigenvalue weighted by Crippen LogP contribution is -2.31. The van der Waals surface area contributed by atoms with Gasteiger partial charge in [-0.25, -0.2) is 19.2 Å². The molecule has 1 unspecified atom stereocenters. The van der Waals surface area contributed by atoms with Crippen molar-refractivity contribution in [1.29, 1.82) is 0 Å². The molecule has 0 spiro atoms. The highest BCUT2D eigenvalue weighted by molar-refractivity contribution is 6.24. The van der Waals surface area contributed by atoms with Gasteiger partial charge in [0, 0.05) is 47.1 Å². The first-order valence-corrected chi connectivity index (χ1v) is 14.2. The van der Waals surface area contributed by atoms with Crippen LogP contribution in [0.1, 0.15) is 55.9 Å². The van der Waals surface area contributed by atoms with Gasteiger partial charge in [-0.3, -0.25) is 0 Å². The number of hydrogen-bond acceptors (Lipinski definition) is 9. The molecule has 1 atom stereocenters. The number of rotatable bonds is 8. The van der Waals surface area contributed by atoms with Crippen LogP contribution in [0.3, 0.4) is 0 Å². The number of benzene rings is 2. The molecule has 9 heteroatoms. The summed E-state index contributed by atoms with van der Waals surface area (Å²) < 4.78 is 22.1. The number of nitrogens with zero attached hydrogens (tertiary/aromatic N) is 1. The van der Waals surface area contributed by atoms with E-state index in [2.05, 4.69) is 4.90 Å². The van der Waals surface area contributed by atoms with Gasteiger partial charge in [0.25, 0.3) is 0 Å². The summed E-state index contributed by atoms with van der Waals surface area (Å²) in [6, 6.07) is 12.7. The summed E-state index contributed by atoms with van der Waals surface area (Å²) in [6.07, 6.45) is 0.0609. The van der Waals surface area contributed by atoms with Gasteiger partial charge in [-0.05, 0) is 76.4 Å². The minimum atomic E-state index is -0.953. The molecule has 5 rings (SSSR count). The standard InChI is InChI=1S/C33H33NO8/c1-6-34(7-2)20-12-11-19-15-24(30(35)41-25(19)16-20)23-17-22-21-13-10-18(5)14-26(21)42-33(38)28(22)29(32(37)40-9-4)27(23)31(36)39-8-3/h10-16,23H,6-9,17H2,1-5H3. The van der Waals surface area contributed by atoms with Gasteiger partial charge in [-0.2, -0.15) is 0 Å². The van der Waals surface area contributed by atoms with E-state index in [0.717, 1.165) is 24.3 Å². The molecular weight excluding hydrogens is 538 g/mol. The fraction of sp³-hybridized carbons (Fsp3) is 0.333. The summed E-state index contributed by atoms with van der Waals surface area (Å²) in [5.41, 5.74) is 1.32. The zero-order valence-electron chi connectivity index (χ0n) is 24.4. The lowest BCUT2D eigenvalue weighted by atomic mass is 9.75. The van der Waals surface area contributed by atoms with Crippen LogP contribution >= 0.6 is 0 Å². The van der Waals surface area contributed by atoms with Crippen LogP contribution < -0.4 is 16.2 Å². The maximum atomic E-state index is 13.6. The van der Waals surface area contributed by atoms with Crippen molar-refractivity contribution >= 4 is 45.1 Å². The monoisotopic (exact) mass is 571 g/mol. The number of carbonyl (C=O) groups is 2. The number of carbonyl (C=O) groups excluding carboxylic acids is 2. The summed E-state index contributed by atoms with van der Waals surface area (Å²) in [4.78, 5) is 56.2. The van der Waals surface area contributed by atoms with Gasteiger partial charge in [0.15, 0.2) is 0 Å². The first kappa shape index (κ1) is 28.9. The molecule has 0 fully saturated rings. The molecule has 0 saturated heterocycles. The maximum absolute atomic E-state index is 13.6. The fourth-order valence-corrected chi connectivity index (χ4v) is 5.73. The van der Waals surface area contributed by atoms with Crippen molar-refractivity contribution in [1.82, 2.24) is 0 Å². The zero-order valence-corrected chi connectivity index (χ0v) is 24.4. The molecule has 0 amide bonds. The van der Waals surface area contributed by atoms with Crippen LogP contribution in [0.2, 0.25) is 0 Å². The highest BCUT2D eigenvalue weighted by Gasteiger charge is 2.41. The molecule has 0 N–H and O–H groups in total. The Morgan fingerprint density at radius 2 is 1.55 bits per heavy atom. The van der Waals surface area contributed by atoms with Crippen LogP contribution in [0.5, 0.6) is 0 Å². The van der Waals surface area contributed by atoms with E-state index in [-0.39, 0.29) is 41.9 Å². The molecule has 2 aromatic heterocycles. The minimum absolute atomic E-state index is 0.00350. The Kier molecular flexibility index (Phi) is 8.02. The second-order valence-corrected chi connectivity index (χ2v) is 10.1. The van der Waals surface area contributed by atoms with E-state index in [0.29, 0.717) is 27.5 Å². The van der Waals surface area contributed by atoms with Gasteiger partial charge >= 0.3 is 23.2 Å². The molecule has 4 aromatic rings. The Labute approximate surface area is 242 Å². The summed E-state index contributed by atoms with van der Waals surface area (Å²) in [5, 5.41) is 1.25. The lowest BCUT2D eigenvalue weighted by molar-refractivity contribution is -0.140. The third-order valence-electron chi connectivity index (χ3n) is 7.67. The molecule has 0 radical (unpaired) electrons. The van der Waals surface area contributed by atoms with Crippen molar-refractivity contribution in [3.8, 4) is 0 Å². The van der Waals surface area contributed by atoms with Gasteiger partial charge in [0.2, 0.25) is 0 Å². The molecule has 9 nitrogen and oxygen atoms in total. The predicted octanol–water partition coefficient (Wildman–Crippen LogP) is 5.27. The van der Waals surface area contributed by atoms with Crippen molar-refractivity contribution in [3.05, 3.63) is 91.1 Å². The quantitative estimate of drug-likeness (QED) is 0.206. The van der Waals surface area contributed by atoms with E-state index >= 15 is 0 Å². The van der Waals surface area contributed by atoms with Gasteiger partial charge in [0.05, 0.1) is 29.9 Å². The minimum Gasteiger partial charge on any atom is -0.463 e. The Morgan fingerprint density at radius 3 is 2.24 bits per heavy atom. The van der Waals surface area contributed by atoms with Crippen LogP contribution in [0.4, 0.5) is 5.69 Å². The van der Waals surface area contributed by atoms with Crippen LogP contribution in [0.25, 0.3) is 27.5 Å². The van der Waals surface area contributed by atoms with E-state index in [4.69, 9.17) is 18.3 Å². The fourth-order valence-electron chi connectivity index (χ4n) is 5.73.